The zero-order chi connectivity index (χ0) is 13.9. The number of rotatable bonds is 0. The lowest BCUT2D eigenvalue weighted by molar-refractivity contribution is 0.358. The van der Waals surface area contributed by atoms with Crippen LogP contribution < -0.4 is 0 Å². The van der Waals surface area contributed by atoms with E-state index in [-0.39, 0.29) is 0 Å². The topological polar surface area (TPSA) is 35.8 Å². The second-order valence-electron chi connectivity index (χ2n) is 5.98. The summed E-state index contributed by atoms with van der Waals surface area (Å²) < 4.78 is 0. The van der Waals surface area contributed by atoms with E-state index >= 15 is 0 Å². The molecule has 0 bridgehead atoms. The number of aliphatic hydroxyl groups is 1. The van der Waals surface area contributed by atoms with Gasteiger partial charge in [0, 0.05) is 55.0 Å². The molecule has 4 rings (SSSR count). The van der Waals surface area contributed by atoms with Gasteiger partial charge in [-0.1, -0.05) is 19.1 Å². The van der Waals surface area contributed by atoms with Gasteiger partial charge in [-0.15, -0.1) is 0 Å². The van der Waals surface area contributed by atoms with Gasteiger partial charge >= 0.3 is 0 Å². The molecule has 3 nitrogen and oxygen atoms in total. The Kier molecular flexibility index (Phi) is 2.34. The fourth-order valence-corrected chi connectivity index (χ4v) is 3.96. The predicted molar refractivity (Wildman–Crippen MR) is 80.1 cm³/mol. The monoisotopic (exact) mass is 266 g/mol. The molecule has 3 atom stereocenters. The van der Waals surface area contributed by atoms with E-state index in [0.717, 1.165) is 0 Å². The molecule has 20 heavy (non-hydrogen) atoms. The molecule has 2 heterocycles. The Hall–Kier alpha value is -2.03. The van der Waals surface area contributed by atoms with Crippen LogP contribution in [-0.2, 0) is 0 Å². The lowest BCUT2D eigenvalue weighted by atomic mass is 9.76. The van der Waals surface area contributed by atoms with Gasteiger partial charge in [-0.3, -0.25) is 4.99 Å². The smallest absolute Gasteiger partial charge is 0.0933 e. The average molecular weight is 266 g/mol. The molecule has 0 saturated carbocycles. The van der Waals surface area contributed by atoms with Crippen LogP contribution in [-0.4, -0.2) is 23.3 Å². The van der Waals surface area contributed by atoms with Crippen molar-refractivity contribution in [2.75, 3.05) is 7.05 Å². The molecule has 3 heteroatoms. The van der Waals surface area contributed by atoms with Crippen LogP contribution in [0.25, 0.3) is 0 Å². The quantitative estimate of drug-likeness (QED) is 0.730. The minimum atomic E-state index is 0.301. The lowest BCUT2D eigenvalue weighted by Crippen LogP contribution is -2.26. The van der Waals surface area contributed by atoms with Gasteiger partial charge in [0.2, 0.25) is 0 Å². The van der Waals surface area contributed by atoms with Crippen molar-refractivity contribution in [1.82, 2.24) is 4.90 Å². The van der Waals surface area contributed by atoms with Crippen molar-refractivity contribution in [2.45, 2.75) is 13.3 Å². The van der Waals surface area contributed by atoms with E-state index in [0.29, 0.717) is 29.9 Å². The number of aliphatic hydroxyl groups excluding tert-OH is 1. The van der Waals surface area contributed by atoms with E-state index in [1.807, 2.05) is 18.5 Å². The molecular formula is C17H18N2O. The summed E-state index contributed by atoms with van der Waals surface area (Å²) in [7, 11) is 2.15. The summed E-state index contributed by atoms with van der Waals surface area (Å²) in [6.45, 7) is 2.29. The van der Waals surface area contributed by atoms with Crippen LogP contribution in [0.4, 0.5) is 0 Å². The van der Waals surface area contributed by atoms with Crippen molar-refractivity contribution < 1.29 is 5.11 Å². The fourth-order valence-electron chi connectivity index (χ4n) is 3.96. The van der Waals surface area contributed by atoms with Gasteiger partial charge in [0.15, 0.2) is 0 Å². The van der Waals surface area contributed by atoms with Crippen molar-refractivity contribution >= 4 is 6.21 Å². The van der Waals surface area contributed by atoms with Gasteiger partial charge in [-0.05, 0) is 23.3 Å². The van der Waals surface area contributed by atoms with E-state index < -0.39 is 0 Å². The first kappa shape index (κ1) is 11.8. The number of fused-ring (bicyclic) bond motifs is 3. The Balaban J connectivity index is 1.84. The van der Waals surface area contributed by atoms with E-state index in [2.05, 4.69) is 42.1 Å². The molecule has 0 fully saturated rings. The summed E-state index contributed by atoms with van der Waals surface area (Å²) in [5, 5.41) is 9.85. The predicted octanol–water partition coefficient (Wildman–Crippen LogP) is 3.32. The maximum atomic E-state index is 9.85. The van der Waals surface area contributed by atoms with Gasteiger partial charge < -0.3 is 10.0 Å². The highest BCUT2D eigenvalue weighted by molar-refractivity contribution is 5.83. The van der Waals surface area contributed by atoms with E-state index in [1.54, 1.807) is 0 Å². The second-order valence-corrected chi connectivity index (χ2v) is 5.98. The maximum Gasteiger partial charge on any atom is 0.0933 e. The number of hydrogen-bond acceptors (Lipinski definition) is 3. The summed E-state index contributed by atoms with van der Waals surface area (Å²) in [6.07, 6.45) is 13.0. The number of nitrogens with zero attached hydrogens (tertiary/aromatic N) is 2. The summed E-state index contributed by atoms with van der Waals surface area (Å²) in [4.78, 5) is 6.58. The number of hydrogen-bond donors (Lipinski definition) is 1. The largest absolute Gasteiger partial charge is 0.512 e. The Morgan fingerprint density at radius 1 is 1.35 bits per heavy atom. The van der Waals surface area contributed by atoms with Crippen LogP contribution in [0.15, 0.2) is 63.8 Å². The Bertz CT molecular complexity index is 660. The highest BCUT2D eigenvalue weighted by Gasteiger charge is 2.41. The number of allylic oxidation sites excluding steroid dienone is 8. The molecule has 2 aliphatic carbocycles. The molecule has 4 aliphatic rings. The number of aliphatic imine (C=N–C) groups is 1. The van der Waals surface area contributed by atoms with E-state index in [1.165, 1.54) is 22.5 Å². The zero-order valence-corrected chi connectivity index (χ0v) is 11.7. The second kappa shape index (κ2) is 3.98. The first-order valence-corrected chi connectivity index (χ1v) is 7.15. The van der Waals surface area contributed by atoms with E-state index in [4.69, 9.17) is 0 Å². The Morgan fingerprint density at radius 3 is 3.05 bits per heavy atom. The molecule has 2 aliphatic heterocycles. The van der Waals surface area contributed by atoms with Gasteiger partial charge in [0.25, 0.3) is 0 Å². The fraction of sp³-hybridized carbons (Fsp3) is 0.353. The van der Waals surface area contributed by atoms with Crippen LogP contribution in [0, 0.1) is 17.8 Å². The van der Waals surface area contributed by atoms with Crippen molar-refractivity contribution in [3.05, 3.63) is 58.8 Å². The molecule has 1 N–H and O–H groups in total. The zero-order valence-electron chi connectivity index (χ0n) is 11.7. The summed E-state index contributed by atoms with van der Waals surface area (Å²) >= 11 is 0. The van der Waals surface area contributed by atoms with Gasteiger partial charge in [0.1, 0.15) is 0 Å². The van der Waals surface area contributed by atoms with Crippen molar-refractivity contribution in [3.8, 4) is 0 Å². The summed E-state index contributed by atoms with van der Waals surface area (Å²) in [6, 6.07) is 0. The normalized spacial score (nSPS) is 34.2. The SMILES string of the molecule is CC1C2=C(C=C3C=NC=CC31)C1CC(O)=CC=C1N2C. The molecule has 0 saturated heterocycles. The molecule has 0 aromatic rings. The lowest BCUT2D eigenvalue weighted by Gasteiger charge is -2.32. The van der Waals surface area contributed by atoms with Gasteiger partial charge in [-0.25, -0.2) is 0 Å². The molecule has 3 unspecified atom stereocenters. The maximum absolute atomic E-state index is 9.85. The summed E-state index contributed by atoms with van der Waals surface area (Å²) in [5.41, 5.74) is 5.36. The van der Waals surface area contributed by atoms with Crippen molar-refractivity contribution in [2.24, 2.45) is 22.7 Å². The Morgan fingerprint density at radius 2 is 2.20 bits per heavy atom. The third-order valence-corrected chi connectivity index (χ3v) is 4.92. The molecule has 102 valence electrons. The van der Waals surface area contributed by atoms with Crippen LogP contribution in [0.1, 0.15) is 13.3 Å². The highest BCUT2D eigenvalue weighted by Crippen LogP contribution is 2.50. The standard InChI is InChI=1S/C17H18N2O/c1-10-13-5-6-18-9-11(13)7-15-14-8-12(20)3-4-16(14)19(2)17(10)15/h3-7,9-10,13-14,20H,8H2,1-2H3. The van der Waals surface area contributed by atoms with Gasteiger partial charge in [0.05, 0.1) is 5.76 Å². The average Bonchev–Trinajstić information content (AvgIpc) is 2.72. The first-order chi connectivity index (χ1) is 9.66. The van der Waals surface area contributed by atoms with Gasteiger partial charge in [-0.2, -0.15) is 0 Å². The van der Waals surface area contributed by atoms with Crippen molar-refractivity contribution in [1.29, 1.82) is 0 Å². The van der Waals surface area contributed by atoms with Crippen molar-refractivity contribution in [3.63, 3.8) is 0 Å². The molecule has 0 aromatic heterocycles. The third kappa shape index (κ3) is 1.43. The minimum absolute atomic E-state index is 0.301. The summed E-state index contributed by atoms with van der Waals surface area (Å²) in [5.74, 6) is 1.66. The highest BCUT2D eigenvalue weighted by atomic mass is 16.3. The molecule has 0 spiro atoms. The van der Waals surface area contributed by atoms with Crippen LogP contribution in [0.2, 0.25) is 0 Å². The molecular weight excluding hydrogens is 248 g/mol. The molecule has 0 aromatic carbocycles. The van der Waals surface area contributed by atoms with Crippen LogP contribution in [0.3, 0.4) is 0 Å². The first-order valence-electron chi connectivity index (χ1n) is 7.15. The Labute approximate surface area is 119 Å². The van der Waals surface area contributed by atoms with E-state index in [9.17, 15) is 5.11 Å². The van der Waals surface area contributed by atoms with Crippen LogP contribution in [0.5, 0.6) is 0 Å². The molecule has 0 radical (unpaired) electrons. The minimum Gasteiger partial charge on any atom is -0.512 e. The molecule has 0 amide bonds. The van der Waals surface area contributed by atoms with Crippen LogP contribution >= 0.6 is 0 Å². The third-order valence-electron chi connectivity index (χ3n) is 4.92.